The minimum Gasteiger partial charge on any atom is -0.396 e. The number of nitrogens with two attached hydrogens (primary N) is 1. The number of imide groups is 1. The molecule has 1 aromatic rings. The van der Waals surface area contributed by atoms with Crippen LogP contribution in [0.4, 0.5) is 0 Å². The van der Waals surface area contributed by atoms with Gasteiger partial charge in [0.15, 0.2) is 0 Å². The van der Waals surface area contributed by atoms with Crippen LogP contribution in [-0.4, -0.2) is 53.5 Å². The fourth-order valence-corrected chi connectivity index (χ4v) is 3.35. The lowest BCUT2D eigenvalue weighted by atomic mass is 10.0. The van der Waals surface area contributed by atoms with E-state index in [1.807, 2.05) is 18.2 Å². The third-order valence-electron chi connectivity index (χ3n) is 4.95. The van der Waals surface area contributed by atoms with Gasteiger partial charge in [-0.25, -0.2) is 0 Å². The molecule has 2 aliphatic heterocycles. The van der Waals surface area contributed by atoms with Gasteiger partial charge in [-0.05, 0) is 30.2 Å². The summed E-state index contributed by atoms with van der Waals surface area (Å²) in [6.45, 7) is 1.99. The van der Waals surface area contributed by atoms with E-state index in [0.29, 0.717) is 38.2 Å². The number of benzene rings is 1. The number of piperidine rings is 1. The van der Waals surface area contributed by atoms with Crippen LogP contribution in [-0.2, 0) is 22.7 Å². The Labute approximate surface area is 151 Å². The van der Waals surface area contributed by atoms with Crippen LogP contribution in [0.5, 0.6) is 0 Å². The number of nitrogens with one attached hydrogen (secondary N) is 2. The molecule has 0 aromatic heterocycles. The highest BCUT2D eigenvalue weighted by molar-refractivity contribution is 6.05. The maximum Gasteiger partial charge on any atom is 0.255 e. The van der Waals surface area contributed by atoms with Crippen molar-refractivity contribution >= 4 is 17.7 Å². The topological polar surface area (TPSA) is 125 Å². The van der Waals surface area contributed by atoms with Crippen LogP contribution in [0.1, 0.15) is 34.3 Å². The maximum atomic E-state index is 12.7. The summed E-state index contributed by atoms with van der Waals surface area (Å²) in [6.07, 6.45) is 0.610. The van der Waals surface area contributed by atoms with E-state index in [0.717, 1.165) is 11.1 Å². The highest BCUT2D eigenvalue weighted by Gasteiger charge is 2.39. The second-order valence-corrected chi connectivity index (χ2v) is 6.81. The van der Waals surface area contributed by atoms with Crippen LogP contribution in [0.2, 0.25) is 0 Å². The number of hydrogen-bond donors (Lipinski definition) is 4. The molecular weight excluding hydrogens is 336 g/mol. The molecule has 2 unspecified atom stereocenters. The Hall–Kier alpha value is -2.29. The highest BCUT2D eigenvalue weighted by Crippen LogP contribution is 2.28. The molecule has 3 amide bonds. The van der Waals surface area contributed by atoms with E-state index in [2.05, 4.69) is 10.6 Å². The molecule has 2 heterocycles. The Bertz CT molecular complexity index is 717. The van der Waals surface area contributed by atoms with Crippen molar-refractivity contribution in [2.75, 3.05) is 19.7 Å². The number of aliphatic hydroxyl groups excluding tert-OH is 1. The van der Waals surface area contributed by atoms with Crippen molar-refractivity contribution in [2.24, 2.45) is 11.7 Å². The number of nitrogens with zero attached hydrogens (tertiary/aromatic N) is 1. The first-order valence-electron chi connectivity index (χ1n) is 8.81. The van der Waals surface area contributed by atoms with Gasteiger partial charge in [-0.15, -0.1) is 0 Å². The summed E-state index contributed by atoms with van der Waals surface area (Å²) in [4.78, 5) is 37.6. The zero-order valence-electron chi connectivity index (χ0n) is 14.5. The Morgan fingerprint density at radius 3 is 2.85 bits per heavy atom. The SMILES string of the molecule is NCC(CO)CNCc1ccc2c(c1)C(=O)N(C1CCC(=O)NC1=O)C2. The number of carbonyl (C=O) groups excluding carboxylic acids is 3. The van der Waals surface area contributed by atoms with Crippen LogP contribution < -0.4 is 16.4 Å². The van der Waals surface area contributed by atoms with Crippen molar-refractivity contribution < 1.29 is 19.5 Å². The average molecular weight is 360 g/mol. The van der Waals surface area contributed by atoms with Gasteiger partial charge < -0.3 is 21.1 Å². The molecule has 2 atom stereocenters. The van der Waals surface area contributed by atoms with Gasteiger partial charge >= 0.3 is 0 Å². The Morgan fingerprint density at radius 2 is 2.15 bits per heavy atom. The number of rotatable bonds is 7. The number of fused-ring (bicyclic) bond motifs is 1. The maximum absolute atomic E-state index is 12.7. The number of hydrogen-bond acceptors (Lipinski definition) is 6. The summed E-state index contributed by atoms with van der Waals surface area (Å²) in [7, 11) is 0. The fraction of sp³-hybridized carbons (Fsp3) is 0.500. The van der Waals surface area contributed by atoms with E-state index < -0.39 is 11.9 Å². The molecular formula is C18H24N4O4. The van der Waals surface area contributed by atoms with Gasteiger partial charge in [0, 0.05) is 44.1 Å². The smallest absolute Gasteiger partial charge is 0.255 e. The first-order chi connectivity index (χ1) is 12.5. The van der Waals surface area contributed by atoms with Crippen LogP contribution in [0.3, 0.4) is 0 Å². The zero-order chi connectivity index (χ0) is 18.7. The van der Waals surface area contributed by atoms with Crippen LogP contribution >= 0.6 is 0 Å². The summed E-state index contributed by atoms with van der Waals surface area (Å²) in [5.41, 5.74) is 8.00. The zero-order valence-corrected chi connectivity index (χ0v) is 14.5. The number of aliphatic hydroxyl groups is 1. The lowest BCUT2D eigenvalue weighted by Crippen LogP contribution is -2.52. The lowest BCUT2D eigenvalue weighted by molar-refractivity contribution is -0.136. The first-order valence-corrected chi connectivity index (χ1v) is 8.81. The molecule has 140 valence electrons. The van der Waals surface area contributed by atoms with Crippen LogP contribution in [0.15, 0.2) is 18.2 Å². The summed E-state index contributed by atoms with van der Waals surface area (Å²) in [5, 5.41) is 14.7. The molecule has 0 aliphatic carbocycles. The van der Waals surface area contributed by atoms with E-state index in [1.165, 1.54) is 0 Å². The fourth-order valence-electron chi connectivity index (χ4n) is 3.35. The van der Waals surface area contributed by atoms with E-state index in [4.69, 9.17) is 10.8 Å². The van der Waals surface area contributed by atoms with Gasteiger partial charge in [-0.3, -0.25) is 19.7 Å². The summed E-state index contributed by atoms with van der Waals surface area (Å²) in [6, 6.07) is 5.10. The van der Waals surface area contributed by atoms with Gasteiger partial charge in [0.25, 0.3) is 5.91 Å². The van der Waals surface area contributed by atoms with Gasteiger partial charge in [0.1, 0.15) is 6.04 Å². The quantitative estimate of drug-likeness (QED) is 0.467. The molecule has 2 aliphatic rings. The largest absolute Gasteiger partial charge is 0.396 e. The predicted octanol–water partition coefficient (Wildman–Crippen LogP) is -0.896. The van der Waals surface area contributed by atoms with E-state index >= 15 is 0 Å². The predicted molar refractivity (Wildman–Crippen MR) is 93.8 cm³/mol. The third-order valence-corrected chi connectivity index (χ3v) is 4.95. The third kappa shape index (κ3) is 3.77. The van der Waals surface area contributed by atoms with Gasteiger partial charge in [-0.2, -0.15) is 0 Å². The molecule has 8 nitrogen and oxygen atoms in total. The van der Waals surface area contributed by atoms with Crippen molar-refractivity contribution in [3.05, 3.63) is 34.9 Å². The van der Waals surface area contributed by atoms with E-state index in [1.54, 1.807) is 4.90 Å². The molecule has 3 rings (SSSR count). The monoisotopic (exact) mass is 360 g/mol. The van der Waals surface area contributed by atoms with Gasteiger partial charge in [0.2, 0.25) is 11.8 Å². The van der Waals surface area contributed by atoms with Crippen molar-refractivity contribution in [2.45, 2.75) is 32.0 Å². The standard InChI is InChI=1S/C18H24N4O4/c19-6-12(10-23)8-20-7-11-1-2-13-9-22(18(26)14(13)5-11)15-3-4-16(24)21-17(15)25/h1-2,5,12,15,20,23H,3-4,6-10,19H2,(H,21,24,25). The summed E-state index contributed by atoms with van der Waals surface area (Å²) < 4.78 is 0. The number of amides is 3. The minimum atomic E-state index is -0.593. The Kier molecular flexibility index (Phi) is 5.65. The molecule has 0 saturated carbocycles. The van der Waals surface area contributed by atoms with Crippen molar-refractivity contribution in [3.63, 3.8) is 0 Å². The van der Waals surface area contributed by atoms with E-state index in [-0.39, 0.29) is 30.8 Å². The minimum absolute atomic E-state index is 0.00840. The molecule has 1 fully saturated rings. The average Bonchev–Trinajstić information content (AvgIpc) is 2.95. The van der Waals surface area contributed by atoms with Crippen LogP contribution in [0, 0.1) is 5.92 Å². The van der Waals surface area contributed by atoms with Gasteiger partial charge in [0.05, 0.1) is 0 Å². The normalized spacial score (nSPS) is 20.9. The first kappa shape index (κ1) is 18.5. The van der Waals surface area contributed by atoms with Crippen LogP contribution in [0.25, 0.3) is 0 Å². The highest BCUT2D eigenvalue weighted by atomic mass is 16.3. The Balaban J connectivity index is 1.65. The number of carbonyl (C=O) groups is 3. The van der Waals surface area contributed by atoms with Gasteiger partial charge in [-0.1, -0.05) is 12.1 Å². The van der Waals surface area contributed by atoms with Crippen molar-refractivity contribution in [1.82, 2.24) is 15.5 Å². The second kappa shape index (κ2) is 7.94. The molecule has 5 N–H and O–H groups in total. The van der Waals surface area contributed by atoms with E-state index in [9.17, 15) is 14.4 Å². The second-order valence-electron chi connectivity index (χ2n) is 6.81. The molecule has 0 bridgehead atoms. The molecule has 0 spiro atoms. The molecule has 1 saturated heterocycles. The molecule has 8 heteroatoms. The summed E-state index contributed by atoms with van der Waals surface area (Å²) >= 11 is 0. The molecule has 0 radical (unpaired) electrons. The summed E-state index contributed by atoms with van der Waals surface area (Å²) in [5.74, 6) is -0.857. The Morgan fingerprint density at radius 1 is 1.35 bits per heavy atom. The van der Waals surface area contributed by atoms with Crippen molar-refractivity contribution in [1.29, 1.82) is 0 Å². The van der Waals surface area contributed by atoms with Crippen molar-refractivity contribution in [3.8, 4) is 0 Å². The molecule has 26 heavy (non-hydrogen) atoms. The molecule has 1 aromatic carbocycles. The lowest BCUT2D eigenvalue weighted by Gasteiger charge is -2.29.